The number of aromatic nitrogens is 2. The second-order valence-electron chi connectivity index (χ2n) is 7.31. The summed E-state index contributed by atoms with van der Waals surface area (Å²) in [6.45, 7) is 2.56. The molecule has 0 aliphatic carbocycles. The van der Waals surface area contributed by atoms with Crippen molar-refractivity contribution in [1.82, 2.24) is 14.7 Å². The van der Waals surface area contributed by atoms with E-state index in [0.717, 1.165) is 16.6 Å². The van der Waals surface area contributed by atoms with Crippen LogP contribution in [-0.2, 0) is 27.5 Å². The highest BCUT2D eigenvalue weighted by Crippen LogP contribution is 2.35. The topological polar surface area (TPSA) is 87.5 Å². The van der Waals surface area contributed by atoms with Gasteiger partial charge in [-0.2, -0.15) is 18.3 Å². The lowest BCUT2D eigenvalue weighted by molar-refractivity contribution is -0.142. The van der Waals surface area contributed by atoms with Crippen molar-refractivity contribution in [2.45, 2.75) is 19.6 Å². The van der Waals surface area contributed by atoms with Gasteiger partial charge in [-0.05, 0) is 25.1 Å². The van der Waals surface area contributed by atoms with Crippen LogP contribution in [0.3, 0.4) is 0 Å². The molecule has 1 amide bonds. The Kier molecular flexibility index (Phi) is 6.87. The molecule has 1 aromatic heterocycles. The normalized spacial score (nSPS) is 15.2. The van der Waals surface area contributed by atoms with Crippen LogP contribution in [0.2, 0.25) is 10.0 Å². The lowest BCUT2D eigenvalue weighted by atomic mass is 10.2. The molecule has 14 heteroatoms. The van der Waals surface area contributed by atoms with Gasteiger partial charge in [0.15, 0.2) is 5.69 Å². The fourth-order valence-electron chi connectivity index (χ4n) is 3.29. The van der Waals surface area contributed by atoms with Crippen LogP contribution in [0.5, 0.6) is 0 Å². The molecule has 3 rings (SSSR count). The molecule has 32 heavy (non-hydrogen) atoms. The lowest BCUT2D eigenvalue weighted by Crippen LogP contribution is -2.49. The maximum Gasteiger partial charge on any atom is 0.436 e. The zero-order chi connectivity index (χ0) is 23.8. The number of carbonyl (C=O) groups is 1. The van der Waals surface area contributed by atoms with Crippen LogP contribution in [0, 0.1) is 6.92 Å². The number of anilines is 2. The Balaban J connectivity index is 1.65. The van der Waals surface area contributed by atoms with E-state index in [4.69, 9.17) is 23.2 Å². The average Bonchev–Trinajstić information content (AvgIpc) is 2.97. The first kappa shape index (κ1) is 24.5. The molecule has 1 aliphatic rings. The quantitative estimate of drug-likeness (QED) is 0.662. The number of nitrogens with one attached hydrogen (secondary N) is 1. The number of nitrogens with zero attached hydrogens (tertiary/aromatic N) is 4. The Hall–Kier alpha value is -2.18. The molecule has 0 spiro atoms. The molecule has 1 aromatic carbocycles. The fraction of sp³-hybridized carbons (Fsp3) is 0.444. The smallest absolute Gasteiger partial charge is 0.368 e. The monoisotopic (exact) mass is 513 g/mol. The Labute approximate surface area is 192 Å². The van der Waals surface area contributed by atoms with Crippen molar-refractivity contribution in [3.63, 3.8) is 0 Å². The molecule has 1 N–H and O–H groups in total. The van der Waals surface area contributed by atoms with Crippen LogP contribution in [0.25, 0.3) is 0 Å². The summed E-state index contributed by atoms with van der Waals surface area (Å²) in [5.74, 6) is -0.379. The van der Waals surface area contributed by atoms with Gasteiger partial charge >= 0.3 is 6.18 Å². The number of halogens is 5. The lowest BCUT2D eigenvalue weighted by Gasteiger charge is -2.36. The number of alkyl halides is 3. The number of piperazine rings is 1. The first-order valence-corrected chi connectivity index (χ1v) is 12.0. The Bertz CT molecular complexity index is 1130. The number of hydrogen-bond acceptors (Lipinski definition) is 5. The first-order chi connectivity index (χ1) is 14.8. The SMILES string of the molecule is Cc1c(Cl)c(C(F)(F)F)nn1CC(=O)N1CCN(c2ccc(Cl)c(NS(C)(=O)=O)c2)CC1. The van der Waals surface area contributed by atoms with Gasteiger partial charge in [0.05, 0.1) is 27.7 Å². The number of carbonyl (C=O) groups excluding carboxylic acids is 1. The minimum Gasteiger partial charge on any atom is -0.368 e. The average molecular weight is 514 g/mol. The van der Waals surface area contributed by atoms with Crippen LogP contribution in [-0.4, -0.2) is 61.4 Å². The predicted octanol–water partition coefficient (Wildman–Crippen LogP) is 3.24. The summed E-state index contributed by atoms with van der Waals surface area (Å²) < 4.78 is 65.2. The number of rotatable bonds is 5. The summed E-state index contributed by atoms with van der Waals surface area (Å²) in [5, 5.41) is 3.19. The minimum absolute atomic E-state index is 0.0676. The largest absolute Gasteiger partial charge is 0.436 e. The highest BCUT2D eigenvalue weighted by Gasteiger charge is 2.38. The zero-order valence-electron chi connectivity index (χ0n) is 17.1. The summed E-state index contributed by atoms with van der Waals surface area (Å²) in [6, 6.07) is 4.92. The van der Waals surface area contributed by atoms with Gasteiger partial charge < -0.3 is 9.80 Å². The van der Waals surface area contributed by atoms with Crippen molar-refractivity contribution >= 4 is 50.5 Å². The van der Waals surface area contributed by atoms with Crippen molar-refractivity contribution in [3.05, 3.63) is 39.6 Å². The molecule has 176 valence electrons. The standard InChI is InChI=1S/C18H20Cl2F3N5O3S/c1-11-16(20)17(18(21,22)23)24-28(11)10-15(29)27-7-5-26(6-8-27)12-3-4-13(19)14(9-12)25-32(2,30)31/h3-4,9,25H,5-8,10H2,1-2H3. The first-order valence-electron chi connectivity index (χ1n) is 9.36. The predicted molar refractivity (Wildman–Crippen MR) is 116 cm³/mol. The maximum atomic E-state index is 13.0. The van der Waals surface area contributed by atoms with E-state index >= 15 is 0 Å². The van der Waals surface area contributed by atoms with Crippen molar-refractivity contribution < 1.29 is 26.4 Å². The molecule has 2 heterocycles. The van der Waals surface area contributed by atoms with Gasteiger partial charge in [-0.25, -0.2) is 8.42 Å². The van der Waals surface area contributed by atoms with Gasteiger partial charge in [0.2, 0.25) is 15.9 Å². The van der Waals surface area contributed by atoms with Gasteiger partial charge in [0, 0.05) is 31.9 Å². The van der Waals surface area contributed by atoms with Gasteiger partial charge in [-0.3, -0.25) is 14.2 Å². The van der Waals surface area contributed by atoms with Crippen molar-refractivity contribution in [2.75, 3.05) is 42.1 Å². The van der Waals surface area contributed by atoms with Crippen LogP contribution in [0.4, 0.5) is 24.5 Å². The van der Waals surface area contributed by atoms with Gasteiger partial charge in [0.25, 0.3) is 0 Å². The molecule has 0 unspecified atom stereocenters. The van der Waals surface area contributed by atoms with Crippen molar-refractivity contribution in [1.29, 1.82) is 0 Å². The number of hydrogen-bond donors (Lipinski definition) is 1. The molecule has 1 fully saturated rings. The third-order valence-electron chi connectivity index (χ3n) is 4.93. The van der Waals surface area contributed by atoms with Gasteiger partial charge in [-0.15, -0.1) is 0 Å². The van der Waals surface area contributed by atoms with E-state index in [1.54, 1.807) is 18.2 Å². The van der Waals surface area contributed by atoms with E-state index in [1.165, 1.54) is 11.8 Å². The van der Waals surface area contributed by atoms with E-state index in [0.29, 0.717) is 26.2 Å². The van der Waals surface area contributed by atoms with Crippen LogP contribution in [0.15, 0.2) is 18.2 Å². The van der Waals surface area contributed by atoms with Crippen molar-refractivity contribution in [2.24, 2.45) is 0 Å². The second-order valence-corrected chi connectivity index (χ2v) is 9.84. The van der Waals surface area contributed by atoms with E-state index in [2.05, 4.69) is 9.82 Å². The van der Waals surface area contributed by atoms with E-state index < -0.39 is 26.9 Å². The molecule has 1 aliphatic heterocycles. The molecular formula is C18H20Cl2F3N5O3S. The molecule has 0 atom stereocenters. The van der Waals surface area contributed by atoms with Gasteiger partial charge in [-0.1, -0.05) is 23.2 Å². The third-order valence-corrected chi connectivity index (χ3v) is 6.30. The van der Waals surface area contributed by atoms with Crippen LogP contribution >= 0.6 is 23.2 Å². The molecular weight excluding hydrogens is 494 g/mol. The summed E-state index contributed by atoms with van der Waals surface area (Å²) in [4.78, 5) is 16.1. The van der Waals surface area contributed by atoms with E-state index in [1.807, 2.05) is 4.90 Å². The van der Waals surface area contributed by atoms with Gasteiger partial charge in [0.1, 0.15) is 6.54 Å². The summed E-state index contributed by atoms with van der Waals surface area (Å²) >= 11 is 11.8. The molecule has 1 saturated heterocycles. The minimum atomic E-state index is -4.70. The molecule has 2 aromatic rings. The molecule has 0 bridgehead atoms. The Morgan fingerprint density at radius 3 is 2.34 bits per heavy atom. The Morgan fingerprint density at radius 1 is 1.19 bits per heavy atom. The van der Waals surface area contributed by atoms with E-state index in [9.17, 15) is 26.4 Å². The van der Waals surface area contributed by atoms with Crippen LogP contribution < -0.4 is 9.62 Å². The number of benzene rings is 1. The molecule has 0 radical (unpaired) electrons. The summed E-state index contributed by atoms with van der Waals surface area (Å²) in [7, 11) is -3.51. The highest BCUT2D eigenvalue weighted by molar-refractivity contribution is 7.92. The number of sulfonamides is 1. The Morgan fingerprint density at radius 2 is 1.81 bits per heavy atom. The van der Waals surface area contributed by atoms with E-state index in [-0.39, 0.29) is 28.9 Å². The summed E-state index contributed by atoms with van der Waals surface area (Å²) in [6.07, 6.45) is -3.68. The zero-order valence-corrected chi connectivity index (χ0v) is 19.4. The molecule has 8 nitrogen and oxygen atoms in total. The second kappa shape index (κ2) is 8.99. The summed E-state index contributed by atoms with van der Waals surface area (Å²) in [5.41, 5.74) is -0.178. The fourth-order valence-corrected chi connectivity index (χ4v) is 4.32. The third kappa shape index (κ3) is 5.59. The maximum absolute atomic E-state index is 13.0. The number of amides is 1. The van der Waals surface area contributed by atoms with Crippen LogP contribution in [0.1, 0.15) is 11.4 Å². The molecule has 0 saturated carbocycles. The highest BCUT2D eigenvalue weighted by atomic mass is 35.5. The van der Waals surface area contributed by atoms with Crippen molar-refractivity contribution in [3.8, 4) is 0 Å².